The second-order valence-corrected chi connectivity index (χ2v) is 11.1. The summed E-state index contributed by atoms with van der Waals surface area (Å²) in [5.74, 6) is -0.959. The Bertz CT molecular complexity index is 1560. The molecule has 2 aromatic carbocycles. The Morgan fingerprint density at radius 1 is 0.590 bits per heavy atom. The van der Waals surface area contributed by atoms with Crippen LogP contribution in [0.4, 0.5) is 0 Å². The fraction of sp³-hybridized carbons (Fsp3) is 0.310. The molecule has 2 aliphatic carbocycles. The lowest BCUT2D eigenvalue weighted by atomic mass is 9.71. The molecule has 7 nitrogen and oxygen atoms in total. The van der Waals surface area contributed by atoms with Crippen LogP contribution in [0.5, 0.6) is 17.2 Å². The Hall–Kier alpha value is -2.71. The molecular formula is C29H31O7P3. The lowest BCUT2D eigenvalue weighted by molar-refractivity contribution is 0.0951. The Labute approximate surface area is 235 Å². The molecule has 3 atom stereocenters. The van der Waals surface area contributed by atoms with Crippen LogP contribution in [0, 0.1) is 6.92 Å². The van der Waals surface area contributed by atoms with Gasteiger partial charge in [0.2, 0.25) is 0 Å². The first kappa shape index (κ1) is 29.3. The zero-order valence-corrected chi connectivity index (χ0v) is 26.4. The monoisotopic (exact) mass is 584 g/mol. The van der Waals surface area contributed by atoms with E-state index in [4.69, 9.17) is 13.6 Å². The van der Waals surface area contributed by atoms with Crippen molar-refractivity contribution in [1.82, 2.24) is 0 Å². The molecule has 0 fully saturated rings. The van der Waals surface area contributed by atoms with Crippen LogP contribution in [0.3, 0.4) is 0 Å². The van der Waals surface area contributed by atoms with Crippen LogP contribution in [0.1, 0.15) is 112 Å². The first-order chi connectivity index (χ1) is 18.3. The van der Waals surface area contributed by atoms with Gasteiger partial charge in [0.15, 0.2) is 34.6 Å². The van der Waals surface area contributed by atoms with Gasteiger partial charge in [0.1, 0.15) is 5.75 Å². The molecule has 204 valence electrons. The maximum Gasteiger partial charge on any atom is 0.195 e. The van der Waals surface area contributed by atoms with E-state index in [-0.39, 0.29) is 67.9 Å². The number of hydrogen-bond acceptors (Lipinski definition) is 7. The summed E-state index contributed by atoms with van der Waals surface area (Å²) in [5, 5.41) is 0. The van der Waals surface area contributed by atoms with Crippen LogP contribution >= 0.6 is 28.4 Å². The van der Waals surface area contributed by atoms with Crippen molar-refractivity contribution < 1.29 is 32.7 Å². The first-order valence-corrected chi connectivity index (χ1v) is 13.8. The van der Waals surface area contributed by atoms with Gasteiger partial charge in [0, 0.05) is 55.7 Å². The Kier molecular flexibility index (Phi) is 8.03. The summed E-state index contributed by atoms with van der Waals surface area (Å²) in [6.07, 6.45) is 0. The summed E-state index contributed by atoms with van der Waals surface area (Å²) in [5.41, 5.74) is 2.74. The normalized spacial score (nSPS) is 15.4. The fourth-order valence-electron chi connectivity index (χ4n) is 5.61. The molecule has 2 aromatic rings. The van der Waals surface area contributed by atoms with Gasteiger partial charge in [-0.3, -0.25) is 19.2 Å². The van der Waals surface area contributed by atoms with Gasteiger partial charge in [-0.1, -0.05) is 27.7 Å². The van der Waals surface area contributed by atoms with Crippen LogP contribution in [-0.2, 0) is 0 Å². The maximum atomic E-state index is 14.1. The van der Waals surface area contributed by atoms with Gasteiger partial charge in [-0.15, -0.1) is 0 Å². The summed E-state index contributed by atoms with van der Waals surface area (Å²) in [6.45, 7) is 12.5. The summed E-state index contributed by atoms with van der Waals surface area (Å²) < 4.78 is 16.4. The molecule has 0 heterocycles. The molecule has 2 aliphatic rings. The quantitative estimate of drug-likeness (QED) is 0.343. The molecule has 0 aliphatic heterocycles. The van der Waals surface area contributed by atoms with E-state index in [9.17, 15) is 19.2 Å². The molecule has 4 rings (SSSR count). The van der Waals surface area contributed by atoms with Crippen molar-refractivity contribution in [2.45, 2.75) is 60.3 Å². The van der Waals surface area contributed by atoms with E-state index in [1.807, 2.05) is 27.7 Å². The fourth-order valence-corrected chi connectivity index (χ4v) is 6.35. The van der Waals surface area contributed by atoms with Gasteiger partial charge in [-0.25, -0.2) is 0 Å². The largest absolute Gasteiger partial charge is 0.480 e. The molecule has 0 aromatic heterocycles. The minimum absolute atomic E-state index is 0.0477. The van der Waals surface area contributed by atoms with Crippen LogP contribution in [0.2, 0.25) is 0 Å². The Morgan fingerprint density at radius 3 is 1.38 bits per heavy atom. The van der Waals surface area contributed by atoms with Crippen molar-refractivity contribution in [3.05, 3.63) is 73.4 Å². The number of Topliss-reactive ketones (excluding diaryl/α,β-unsaturated/α-hetero) is 4. The van der Waals surface area contributed by atoms with E-state index in [1.54, 1.807) is 13.0 Å². The predicted molar refractivity (Wildman–Crippen MR) is 160 cm³/mol. The van der Waals surface area contributed by atoms with Gasteiger partial charge >= 0.3 is 0 Å². The van der Waals surface area contributed by atoms with Crippen molar-refractivity contribution in [1.29, 1.82) is 0 Å². The second-order valence-electron chi connectivity index (χ2n) is 10.4. The molecule has 3 unspecified atom stereocenters. The molecule has 10 heteroatoms. The van der Waals surface area contributed by atoms with Crippen molar-refractivity contribution in [3.63, 3.8) is 0 Å². The Balaban J connectivity index is 2.03. The molecule has 39 heavy (non-hydrogen) atoms. The van der Waals surface area contributed by atoms with Crippen LogP contribution in [0.15, 0.2) is 34.4 Å². The van der Waals surface area contributed by atoms with Gasteiger partial charge in [0.05, 0.1) is 28.4 Å². The van der Waals surface area contributed by atoms with Crippen molar-refractivity contribution in [3.8, 4) is 17.2 Å². The van der Waals surface area contributed by atoms with Crippen molar-refractivity contribution >= 4 is 51.5 Å². The number of aryl methyl sites for hydroxylation is 1. The average Bonchev–Trinajstić information content (AvgIpc) is 2.90. The van der Waals surface area contributed by atoms with E-state index in [0.717, 1.165) is 0 Å². The molecule has 0 radical (unpaired) electrons. The maximum absolute atomic E-state index is 14.1. The summed E-state index contributed by atoms with van der Waals surface area (Å²) in [6, 6.07) is 3.06. The number of ketones is 4. The smallest absolute Gasteiger partial charge is 0.195 e. The number of allylic oxidation sites excluding steroid dienone is 4. The predicted octanol–water partition coefficient (Wildman–Crippen LogP) is 6.84. The molecule has 0 saturated heterocycles. The number of hydrogen-bond donors (Lipinski definition) is 0. The van der Waals surface area contributed by atoms with Crippen LogP contribution in [0.25, 0.3) is 0 Å². The van der Waals surface area contributed by atoms with Crippen molar-refractivity contribution in [2.75, 3.05) is 0 Å². The summed E-state index contributed by atoms with van der Waals surface area (Å²) in [4.78, 5) is 56.0. The highest BCUT2D eigenvalue weighted by atomic mass is 31.0. The number of fused-ring (bicyclic) bond motifs is 2. The highest BCUT2D eigenvalue weighted by Crippen LogP contribution is 2.47. The van der Waals surface area contributed by atoms with Gasteiger partial charge < -0.3 is 13.6 Å². The average molecular weight is 584 g/mol. The number of benzene rings is 2. The Morgan fingerprint density at radius 2 is 1.00 bits per heavy atom. The van der Waals surface area contributed by atoms with Crippen LogP contribution in [-0.4, -0.2) is 23.1 Å². The molecule has 0 N–H and O–H groups in total. The second kappa shape index (κ2) is 10.7. The number of carbonyl (C=O) groups is 4. The zero-order chi connectivity index (χ0) is 29.1. The van der Waals surface area contributed by atoms with E-state index in [1.165, 1.54) is 19.9 Å². The number of carbonyl (C=O) groups excluding carboxylic acids is 4. The van der Waals surface area contributed by atoms with E-state index in [2.05, 4.69) is 28.4 Å². The highest BCUT2D eigenvalue weighted by molar-refractivity contribution is 7.11. The number of rotatable bonds is 6. The lowest BCUT2D eigenvalue weighted by Gasteiger charge is -2.29. The highest BCUT2D eigenvalue weighted by Gasteiger charge is 2.43. The van der Waals surface area contributed by atoms with Gasteiger partial charge in [-0.2, -0.15) is 0 Å². The third-order valence-corrected chi connectivity index (χ3v) is 8.11. The summed E-state index contributed by atoms with van der Waals surface area (Å²) in [7, 11) is 6.47. The SMILES string of the molecule is CC1=C(C2=C(C)C(=O)c3c(cc(OP)c(OP)c3C(C)C)C2=O)C(=O)c2cc(C)c(OP)c(C(C)C)c2C1=O. The van der Waals surface area contributed by atoms with E-state index < -0.39 is 17.3 Å². The molecular weight excluding hydrogens is 553 g/mol. The van der Waals surface area contributed by atoms with E-state index in [0.29, 0.717) is 28.2 Å². The van der Waals surface area contributed by atoms with Gasteiger partial charge in [-0.05, 0) is 50.3 Å². The molecule has 0 saturated carbocycles. The van der Waals surface area contributed by atoms with Crippen LogP contribution < -0.4 is 13.6 Å². The minimum atomic E-state index is -0.521. The first-order valence-electron chi connectivity index (χ1n) is 12.4. The minimum Gasteiger partial charge on any atom is -0.480 e. The standard InChI is InChI=1S/C29H31O7P3/c1-10(2)18-22-15(8-12(5)28(18)35-38)26(32)20(13(6)24(22)30)21-14(7)25(31)23-16(27(21)33)9-17(34-37)29(36-39)19(23)11(3)4/h8-11H,37-39H2,1-7H3. The third kappa shape index (κ3) is 4.31. The third-order valence-electron chi connectivity index (χ3n) is 7.38. The van der Waals surface area contributed by atoms with Gasteiger partial charge in [0.25, 0.3) is 0 Å². The lowest BCUT2D eigenvalue weighted by Crippen LogP contribution is -2.31. The topological polar surface area (TPSA) is 96.0 Å². The molecule has 0 spiro atoms. The molecule has 0 bridgehead atoms. The van der Waals surface area contributed by atoms with Crippen molar-refractivity contribution in [2.24, 2.45) is 0 Å². The summed E-state index contributed by atoms with van der Waals surface area (Å²) >= 11 is 0. The van der Waals surface area contributed by atoms with E-state index >= 15 is 0 Å². The molecule has 0 amide bonds. The zero-order valence-electron chi connectivity index (χ0n) is 22.9.